The fourth-order valence-corrected chi connectivity index (χ4v) is 2.09. The molecule has 2 N–H and O–H groups in total. The molecule has 0 saturated heterocycles. The van der Waals surface area contributed by atoms with Gasteiger partial charge in [0.2, 0.25) is 5.43 Å². The number of carbonyl (C=O) groups excluding carboxylic acids is 1. The Balaban J connectivity index is 2.55. The van der Waals surface area contributed by atoms with E-state index < -0.39 is 11.4 Å². The van der Waals surface area contributed by atoms with Crippen LogP contribution in [-0.2, 0) is 11.2 Å². The van der Waals surface area contributed by atoms with Crippen LogP contribution in [0.25, 0.3) is 0 Å². The molecular weight excluding hydrogens is 236 g/mol. The molecule has 1 aliphatic rings. The summed E-state index contributed by atoms with van der Waals surface area (Å²) in [5.74, 6) is -0.663. The zero-order valence-electron chi connectivity index (χ0n) is 10.0. The molecule has 1 aliphatic carbocycles. The van der Waals surface area contributed by atoms with E-state index in [4.69, 9.17) is 9.94 Å². The fraction of sp³-hybridized carbons (Fsp3) is 0.417. The number of pyridine rings is 1. The molecule has 2 rings (SSSR count). The molecule has 1 aromatic heterocycles. The average molecular weight is 250 g/mol. The van der Waals surface area contributed by atoms with Crippen LogP contribution in [0, 0.1) is 0 Å². The van der Waals surface area contributed by atoms with Crippen molar-refractivity contribution in [2.24, 2.45) is 5.16 Å². The number of hydrogen-bond donors (Lipinski definition) is 2. The molecule has 0 spiro atoms. The van der Waals surface area contributed by atoms with Gasteiger partial charge in [0.05, 0.1) is 17.9 Å². The normalized spacial score (nSPS) is 16.4. The van der Waals surface area contributed by atoms with Crippen LogP contribution >= 0.6 is 0 Å². The lowest BCUT2D eigenvalue weighted by Crippen LogP contribution is -2.29. The summed E-state index contributed by atoms with van der Waals surface area (Å²) in [5.41, 5.74) is 0.832. The van der Waals surface area contributed by atoms with Crippen molar-refractivity contribution >= 4 is 11.7 Å². The Morgan fingerprint density at radius 2 is 2.33 bits per heavy atom. The number of hydrogen-bond acceptors (Lipinski definition) is 5. The summed E-state index contributed by atoms with van der Waals surface area (Å²) < 4.78 is 4.81. The van der Waals surface area contributed by atoms with Crippen LogP contribution in [0.3, 0.4) is 0 Å². The molecule has 1 aromatic rings. The second kappa shape index (κ2) is 5.03. The van der Waals surface area contributed by atoms with Gasteiger partial charge in [-0.05, 0) is 26.2 Å². The minimum Gasteiger partial charge on any atom is -0.462 e. The minimum atomic E-state index is -0.663. The van der Waals surface area contributed by atoms with Crippen molar-refractivity contribution in [1.82, 2.24) is 4.98 Å². The van der Waals surface area contributed by atoms with Gasteiger partial charge in [-0.15, -0.1) is 0 Å². The van der Waals surface area contributed by atoms with Gasteiger partial charge in [0, 0.05) is 11.9 Å². The van der Waals surface area contributed by atoms with E-state index in [0.29, 0.717) is 29.8 Å². The molecule has 6 heteroatoms. The third kappa shape index (κ3) is 2.01. The highest BCUT2D eigenvalue weighted by molar-refractivity contribution is 6.03. The van der Waals surface area contributed by atoms with Gasteiger partial charge in [-0.1, -0.05) is 5.16 Å². The zero-order chi connectivity index (χ0) is 13.1. The van der Waals surface area contributed by atoms with Crippen molar-refractivity contribution in [2.45, 2.75) is 26.2 Å². The summed E-state index contributed by atoms with van der Waals surface area (Å²) in [6.45, 7) is 1.88. The molecule has 0 saturated carbocycles. The molecule has 0 unspecified atom stereocenters. The molecule has 0 bridgehead atoms. The maximum atomic E-state index is 12.2. The van der Waals surface area contributed by atoms with Crippen molar-refractivity contribution < 1.29 is 14.7 Å². The third-order valence-electron chi connectivity index (χ3n) is 2.91. The van der Waals surface area contributed by atoms with Crippen LogP contribution < -0.4 is 5.43 Å². The maximum absolute atomic E-state index is 12.2. The second-order valence-electron chi connectivity index (χ2n) is 4.01. The number of nitrogens with zero attached hydrogens (tertiary/aromatic N) is 1. The Labute approximate surface area is 103 Å². The fourth-order valence-electron chi connectivity index (χ4n) is 2.09. The smallest absolute Gasteiger partial charge is 0.343 e. The van der Waals surface area contributed by atoms with Gasteiger partial charge in [0.15, 0.2) is 0 Å². The van der Waals surface area contributed by atoms with E-state index in [0.717, 1.165) is 6.42 Å². The Morgan fingerprint density at radius 3 is 3.00 bits per heavy atom. The summed E-state index contributed by atoms with van der Waals surface area (Å²) in [6, 6.07) is 0. The number of ether oxygens (including phenoxy) is 1. The average Bonchev–Trinajstić information content (AvgIpc) is 2.38. The van der Waals surface area contributed by atoms with Gasteiger partial charge in [0.25, 0.3) is 0 Å². The quantitative estimate of drug-likeness (QED) is 0.466. The number of fused-ring (bicyclic) bond motifs is 1. The molecular formula is C12H14N2O4. The molecule has 18 heavy (non-hydrogen) atoms. The van der Waals surface area contributed by atoms with E-state index in [1.165, 1.54) is 6.20 Å². The Bertz CT molecular complexity index is 560. The first kappa shape index (κ1) is 12.3. The Hall–Kier alpha value is -2.11. The molecule has 0 radical (unpaired) electrons. The van der Waals surface area contributed by atoms with Gasteiger partial charge in [-0.2, -0.15) is 0 Å². The van der Waals surface area contributed by atoms with Gasteiger partial charge in [-0.25, -0.2) is 4.79 Å². The molecule has 0 fully saturated rings. The number of oxime groups is 1. The van der Waals surface area contributed by atoms with Gasteiger partial charge >= 0.3 is 5.97 Å². The Kier molecular flexibility index (Phi) is 3.45. The predicted molar refractivity (Wildman–Crippen MR) is 64.3 cm³/mol. The van der Waals surface area contributed by atoms with Crippen molar-refractivity contribution in [2.75, 3.05) is 6.61 Å². The van der Waals surface area contributed by atoms with Gasteiger partial charge in [-0.3, -0.25) is 4.79 Å². The summed E-state index contributed by atoms with van der Waals surface area (Å²) in [4.78, 5) is 26.7. The SMILES string of the molecule is CCOC(=O)c1c[nH]c2c(c1=O)C(=NO)CCC2. The zero-order valence-corrected chi connectivity index (χ0v) is 10.0. The first-order chi connectivity index (χ1) is 8.69. The van der Waals surface area contributed by atoms with Crippen molar-refractivity contribution in [3.05, 3.63) is 33.2 Å². The molecule has 1 heterocycles. The number of aryl methyl sites for hydroxylation is 1. The second-order valence-corrected chi connectivity index (χ2v) is 4.01. The van der Waals surface area contributed by atoms with E-state index in [9.17, 15) is 9.59 Å². The lowest BCUT2D eigenvalue weighted by atomic mass is 9.92. The van der Waals surface area contributed by atoms with Gasteiger partial charge in [0.1, 0.15) is 5.56 Å². The topological polar surface area (TPSA) is 91.8 Å². The molecule has 96 valence electrons. The summed E-state index contributed by atoms with van der Waals surface area (Å²) in [6.07, 6.45) is 3.39. The van der Waals surface area contributed by atoms with Gasteiger partial charge < -0.3 is 14.9 Å². The molecule has 6 nitrogen and oxygen atoms in total. The molecule has 0 aromatic carbocycles. The van der Waals surface area contributed by atoms with Crippen molar-refractivity contribution in [3.63, 3.8) is 0 Å². The van der Waals surface area contributed by atoms with Crippen LogP contribution in [0.1, 0.15) is 41.4 Å². The lowest BCUT2D eigenvalue weighted by Gasteiger charge is -2.16. The number of aromatic amines is 1. The standard InChI is InChI=1S/C12H14N2O4/c1-2-18-12(16)7-6-13-8-4-3-5-9(14-17)10(8)11(7)15/h6,17H,2-5H2,1H3,(H,13,15). The van der Waals surface area contributed by atoms with E-state index in [1.54, 1.807) is 6.92 Å². The highest BCUT2D eigenvalue weighted by atomic mass is 16.5. The summed E-state index contributed by atoms with van der Waals surface area (Å²) in [7, 11) is 0. The number of esters is 1. The number of aromatic nitrogens is 1. The summed E-state index contributed by atoms with van der Waals surface area (Å²) >= 11 is 0. The number of H-pyrrole nitrogens is 1. The number of carbonyl (C=O) groups is 1. The van der Waals surface area contributed by atoms with Crippen molar-refractivity contribution in [3.8, 4) is 0 Å². The lowest BCUT2D eigenvalue weighted by molar-refractivity contribution is 0.0524. The highest BCUT2D eigenvalue weighted by Crippen LogP contribution is 2.17. The largest absolute Gasteiger partial charge is 0.462 e. The predicted octanol–water partition coefficient (Wildman–Crippen LogP) is 1.07. The van der Waals surface area contributed by atoms with Crippen molar-refractivity contribution in [1.29, 1.82) is 0 Å². The van der Waals surface area contributed by atoms with E-state index in [-0.39, 0.29) is 12.2 Å². The monoisotopic (exact) mass is 250 g/mol. The number of nitrogens with one attached hydrogen (secondary N) is 1. The highest BCUT2D eigenvalue weighted by Gasteiger charge is 2.24. The van der Waals surface area contributed by atoms with Crippen LogP contribution in [-0.4, -0.2) is 28.5 Å². The Morgan fingerprint density at radius 1 is 1.56 bits per heavy atom. The van der Waals surface area contributed by atoms with Crippen LogP contribution in [0.15, 0.2) is 16.1 Å². The van der Waals surface area contributed by atoms with E-state index in [1.807, 2.05) is 0 Å². The van der Waals surface area contributed by atoms with E-state index in [2.05, 4.69) is 10.1 Å². The minimum absolute atomic E-state index is 0.0568. The first-order valence-electron chi connectivity index (χ1n) is 5.82. The van der Waals surface area contributed by atoms with Crippen LogP contribution in [0.4, 0.5) is 0 Å². The molecule has 0 aliphatic heterocycles. The molecule has 0 amide bonds. The first-order valence-corrected chi connectivity index (χ1v) is 5.82. The van der Waals surface area contributed by atoms with Crippen LogP contribution in [0.5, 0.6) is 0 Å². The third-order valence-corrected chi connectivity index (χ3v) is 2.91. The number of rotatable bonds is 2. The molecule has 0 atom stereocenters. The maximum Gasteiger partial charge on any atom is 0.343 e. The summed E-state index contributed by atoms with van der Waals surface area (Å²) in [5, 5.41) is 12.1. The van der Waals surface area contributed by atoms with Crippen LogP contribution in [0.2, 0.25) is 0 Å². The van der Waals surface area contributed by atoms with E-state index >= 15 is 0 Å².